The molecule has 1 unspecified atom stereocenters. The van der Waals surface area contributed by atoms with Gasteiger partial charge in [-0.05, 0) is 17.7 Å². The molecule has 148 valence electrons. The number of fused-ring (bicyclic) bond motifs is 1. The summed E-state index contributed by atoms with van der Waals surface area (Å²) in [6.07, 6.45) is -1.27. The molecule has 3 heterocycles. The van der Waals surface area contributed by atoms with Crippen LogP contribution in [-0.4, -0.2) is 66.8 Å². The molecule has 2 aromatic heterocycles. The number of rotatable bonds is 6. The Morgan fingerprint density at radius 2 is 1.89 bits per heavy atom. The molecule has 1 fully saturated rings. The van der Waals surface area contributed by atoms with Gasteiger partial charge in [-0.3, -0.25) is 4.57 Å². The maximum atomic E-state index is 10.3. The normalized spacial score (nSPS) is 24.6. The van der Waals surface area contributed by atoms with Gasteiger partial charge in [-0.25, -0.2) is 15.0 Å². The zero-order valence-electron chi connectivity index (χ0n) is 15.2. The van der Waals surface area contributed by atoms with Gasteiger partial charge in [0.15, 0.2) is 23.2 Å². The van der Waals surface area contributed by atoms with Crippen molar-refractivity contribution in [3.05, 3.63) is 42.5 Å². The van der Waals surface area contributed by atoms with Gasteiger partial charge >= 0.3 is 0 Å². The van der Waals surface area contributed by atoms with Crippen LogP contribution < -0.4 is 10.6 Å². The van der Waals surface area contributed by atoms with Crippen molar-refractivity contribution in [3.8, 4) is 0 Å². The second kappa shape index (κ2) is 7.68. The minimum Gasteiger partial charge on any atom is -0.394 e. The van der Waals surface area contributed by atoms with Crippen molar-refractivity contribution >= 4 is 22.7 Å². The van der Waals surface area contributed by atoms with Crippen molar-refractivity contribution in [1.82, 2.24) is 19.5 Å². The van der Waals surface area contributed by atoms with Gasteiger partial charge < -0.3 is 30.7 Å². The summed E-state index contributed by atoms with van der Waals surface area (Å²) >= 11 is 0. The molecule has 0 aliphatic carbocycles. The van der Waals surface area contributed by atoms with Gasteiger partial charge in [-0.2, -0.15) is 0 Å². The van der Waals surface area contributed by atoms with Crippen molar-refractivity contribution in [2.24, 2.45) is 0 Å². The second-order valence-electron chi connectivity index (χ2n) is 6.58. The zero-order chi connectivity index (χ0) is 19.7. The first-order valence-corrected chi connectivity index (χ1v) is 8.93. The SMILES string of the molecule is CNc1ccc(CNc2ncnc3c2ncn3C2O[C@H](CO)[C@@H](O)[C@H]2O)cc1. The number of aliphatic hydroxyl groups excluding tert-OH is 3. The summed E-state index contributed by atoms with van der Waals surface area (Å²) in [4.78, 5) is 12.8. The highest BCUT2D eigenvalue weighted by molar-refractivity contribution is 5.82. The minimum atomic E-state index is -1.20. The van der Waals surface area contributed by atoms with Crippen LogP contribution in [0.5, 0.6) is 0 Å². The maximum Gasteiger partial charge on any atom is 0.167 e. The van der Waals surface area contributed by atoms with Crippen LogP contribution in [0.1, 0.15) is 11.8 Å². The van der Waals surface area contributed by atoms with Crippen LogP contribution >= 0.6 is 0 Å². The number of hydrogen-bond acceptors (Lipinski definition) is 9. The number of ether oxygens (including phenoxy) is 1. The Morgan fingerprint density at radius 1 is 1.11 bits per heavy atom. The van der Waals surface area contributed by atoms with E-state index < -0.39 is 31.1 Å². The van der Waals surface area contributed by atoms with Crippen LogP contribution in [0.15, 0.2) is 36.9 Å². The van der Waals surface area contributed by atoms with E-state index in [1.165, 1.54) is 17.2 Å². The van der Waals surface area contributed by atoms with Crippen LogP contribution in [0.3, 0.4) is 0 Å². The third kappa shape index (κ3) is 3.27. The molecule has 28 heavy (non-hydrogen) atoms. The molecule has 1 aliphatic rings. The van der Waals surface area contributed by atoms with Gasteiger partial charge in [-0.15, -0.1) is 0 Å². The third-order valence-corrected chi connectivity index (χ3v) is 4.85. The average Bonchev–Trinajstić information content (AvgIpc) is 3.28. The Balaban J connectivity index is 1.56. The minimum absolute atomic E-state index is 0.393. The largest absolute Gasteiger partial charge is 0.394 e. The standard InChI is InChI=1S/C18H22N6O4/c1-19-11-4-2-10(3-5-11)6-20-16-13-17(22-8-21-16)24(9-23-13)18-15(27)14(26)12(7-25)28-18/h2-5,8-9,12,14-15,18-19,25-27H,6-7H2,1H3,(H,20,21,22)/t12-,14-,15-,18?/m1/s1. The zero-order valence-corrected chi connectivity index (χ0v) is 15.2. The topological polar surface area (TPSA) is 138 Å². The highest BCUT2D eigenvalue weighted by atomic mass is 16.6. The maximum absolute atomic E-state index is 10.3. The Hall–Kier alpha value is -2.79. The number of nitrogens with one attached hydrogen (secondary N) is 2. The van der Waals surface area contributed by atoms with Crippen LogP contribution in [0, 0.1) is 0 Å². The van der Waals surface area contributed by atoms with Gasteiger partial charge in [0.25, 0.3) is 0 Å². The summed E-state index contributed by atoms with van der Waals surface area (Å²) < 4.78 is 7.10. The molecule has 0 amide bonds. The third-order valence-electron chi connectivity index (χ3n) is 4.85. The first kappa shape index (κ1) is 18.6. The predicted octanol–water partition coefficient (Wildman–Crippen LogP) is 0.0916. The number of anilines is 2. The summed E-state index contributed by atoms with van der Waals surface area (Å²) in [6.45, 7) is 0.159. The molecule has 0 saturated carbocycles. The molecule has 4 rings (SSSR count). The molecule has 10 nitrogen and oxygen atoms in total. The molecule has 1 aromatic carbocycles. The van der Waals surface area contributed by atoms with Gasteiger partial charge in [0, 0.05) is 19.3 Å². The van der Waals surface area contributed by atoms with Gasteiger partial charge in [0.2, 0.25) is 0 Å². The summed E-state index contributed by atoms with van der Waals surface area (Å²) in [5, 5.41) is 35.8. The molecule has 4 atom stereocenters. The number of imidazole rings is 1. The molecule has 10 heteroatoms. The van der Waals surface area contributed by atoms with Crippen LogP contribution in [0.4, 0.5) is 11.5 Å². The molecule has 0 radical (unpaired) electrons. The number of aromatic nitrogens is 4. The lowest BCUT2D eigenvalue weighted by Crippen LogP contribution is -2.33. The van der Waals surface area contributed by atoms with E-state index in [4.69, 9.17) is 4.74 Å². The number of hydrogen-bond donors (Lipinski definition) is 5. The molecule has 1 aliphatic heterocycles. The second-order valence-corrected chi connectivity index (χ2v) is 6.58. The van der Waals surface area contributed by atoms with Gasteiger partial charge in [-0.1, -0.05) is 12.1 Å². The lowest BCUT2D eigenvalue weighted by Gasteiger charge is -2.16. The highest BCUT2D eigenvalue weighted by Crippen LogP contribution is 2.32. The molecule has 5 N–H and O–H groups in total. The van der Waals surface area contributed by atoms with E-state index in [2.05, 4.69) is 25.6 Å². The molecule has 0 bridgehead atoms. The van der Waals surface area contributed by atoms with E-state index in [-0.39, 0.29) is 0 Å². The van der Waals surface area contributed by atoms with Crippen molar-refractivity contribution in [2.45, 2.75) is 31.1 Å². The Morgan fingerprint density at radius 3 is 2.57 bits per heavy atom. The quantitative estimate of drug-likeness (QED) is 0.399. The van der Waals surface area contributed by atoms with Crippen molar-refractivity contribution in [1.29, 1.82) is 0 Å². The van der Waals surface area contributed by atoms with E-state index in [1.807, 2.05) is 31.3 Å². The number of benzene rings is 1. The number of nitrogens with zero attached hydrogens (tertiary/aromatic N) is 4. The number of aliphatic hydroxyl groups is 3. The van der Waals surface area contributed by atoms with Crippen molar-refractivity contribution in [2.75, 3.05) is 24.3 Å². The smallest absolute Gasteiger partial charge is 0.167 e. The molecule has 1 saturated heterocycles. The van der Waals surface area contributed by atoms with E-state index >= 15 is 0 Å². The molecule has 3 aromatic rings. The van der Waals surface area contributed by atoms with Gasteiger partial charge in [0.05, 0.1) is 12.9 Å². The lowest BCUT2D eigenvalue weighted by atomic mass is 10.1. The van der Waals surface area contributed by atoms with Crippen LogP contribution in [0.2, 0.25) is 0 Å². The highest BCUT2D eigenvalue weighted by Gasteiger charge is 2.44. The van der Waals surface area contributed by atoms with Crippen LogP contribution in [-0.2, 0) is 11.3 Å². The van der Waals surface area contributed by atoms with Crippen molar-refractivity contribution in [3.63, 3.8) is 0 Å². The molecule has 0 spiro atoms. The Bertz CT molecular complexity index is 947. The summed E-state index contributed by atoms with van der Waals surface area (Å²) in [5.74, 6) is 0.549. The van der Waals surface area contributed by atoms with Gasteiger partial charge in [0.1, 0.15) is 24.6 Å². The predicted molar refractivity (Wildman–Crippen MR) is 102 cm³/mol. The fourth-order valence-corrected chi connectivity index (χ4v) is 3.25. The Kier molecular flexibility index (Phi) is 5.09. The summed E-state index contributed by atoms with van der Waals surface area (Å²) in [6, 6.07) is 8.00. The van der Waals surface area contributed by atoms with E-state index in [0.717, 1.165) is 11.3 Å². The van der Waals surface area contributed by atoms with E-state index in [9.17, 15) is 15.3 Å². The average molecular weight is 386 g/mol. The van der Waals surface area contributed by atoms with Crippen LogP contribution in [0.25, 0.3) is 11.2 Å². The fourth-order valence-electron chi connectivity index (χ4n) is 3.25. The van der Waals surface area contributed by atoms with Crippen molar-refractivity contribution < 1.29 is 20.1 Å². The molecular formula is C18H22N6O4. The Labute approximate surface area is 160 Å². The lowest BCUT2D eigenvalue weighted by molar-refractivity contribution is -0.0511. The monoisotopic (exact) mass is 386 g/mol. The van der Waals surface area contributed by atoms with E-state index in [0.29, 0.717) is 23.5 Å². The summed E-state index contributed by atoms with van der Waals surface area (Å²) in [5.41, 5.74) is 3.09. The summed E-state index contributed by atoms with van der Waals surface area (Å²) in [7, 11) is 1.87. The first-order valence-electron chi connectivity index (χ1n) is 8.93. The molecular weight excluding hydrogens is 364 g/mol. The first-order chi connectivity index (χ1) is 13.6. The fraction of sp³-hybridized carbons (Fsp3) is 0.389. The van der Waals surface area contributed by atoms with E-state index in [1.54, 1.807) is 0 Å².